The number of aromatic nitrogens is 3. The molecule has 4 rings (SSSR count). The highest BCUT2D eigenvalue weighted by atomic mass is 35.5. The molecule has 1 aromatic carbocycles. The van der Waals surface area contributed by atoms with E-state index in [1.807, 2.05) is 12.1 Å². The highest BCUT2D eigenvalue weighted by Crippen LogP contribution is 2.25. The molecule has 3 heterocycles. The van der Waals surface area contributed by atoms with Gasteiger partial charge in [-0.1, -0.05) is 47.9 Å². The minimum atomic E-state index is -0.442. The van der Waals surface area contributed by atoms with Gasteiger partial charge in [0.1, 0.15) is 5.69 Å². The molecule has 1 aliphatic heterocycles. The zero-order valence-electron chi connectivity index (χ0n) is 15.2. The number of halogens is 1. The van der Waals surface area contributed by atoms with Crippen LogP contribution in [0.2, 0.25) is 5.02 Å². The molecular weight excluding hydrogens is 398 g/mol. The largest absolute Gasteiger partial charge is 0.347 e. The zero-order chi connectivity index (χ0) is 19.5. The van der Waals surface area contributed by atoms with Crippen molar-refractivity contribution in [3.63, 3.8) is 0 Å². The number of anilines is 1. The van der Waals surface area contributed by atoms with Crippen LogP contribution < -0.4 is 15.8 Å². The molecular formula is C19H20ClN5O2S. The van der Waals surface area contributed by atoms with Crippen LogP contribution in [-0.2, 0) is 6.54 Å². The standard InChI is InChI=1S/C19H20ClN5O2S/c20-14-7-5-13(6-8-14)12-21-17(27)15-11-16(26)22-18-25(15)23-19(28-18)24-9-3-1-2-4-10-24/h5-8,11H,1-4,9-10,12H2,(H,21,27). The fourth-order valence-electron chi connectivity index (χ4n) is 3.23. The van der Waals surface area contributed by atoms with Gasteiger partial charge < -0.3 is 10.2 Å². The van der Waals surface area contributed by atoms with Crippen LogP contribution >= 0.6 is 22.9 Å². The fraction of sp³-hybridized carbons (Fsp3) is 0.368. The highest BCUT2D eigenvalue weighted by molar-refractivity contribution is 7.20. The maximum atomic E-state index is 12.7. The van der Waals surface area contributed by atoms with Crippen molar-refractivity contribution >= 4 is 38.9 Å². The molecule has 0 spiro atoms. The molecule has 9 heteroatoms. The summed E-state index contributed by atoms with van der Waals surface area (Å²) in [4.78, 5) is 31.4. The number of hydrogen-bond acceptors (Lipinski definition) is 6. The van der Waals surface area contributed by atoms with E-state index in [2.05, 4.69) is 20.3 Å². The number of carbonyl (C=O) groups is 1. The number of hydrogen-bond donors (Lipinski definition) is 1. The van der Waals surface area contributed by atoms with E-state index in [0.29, 0.717) is 16.5 Å². The number of carbonyl (C=O) groups excluding carboxylic acids is 1. The lowest BCUT2D eigenvalue weighted by Crippen LogP contribution is -2.28. The van der Waals surface area contributed by atoms with E-state index in [0.717, 1.165) is 36.6 Å². The molecule has 1 amide bonds. The van der Waals surface area contributed by atoms with Gasteiger partial charge in [0, 0.05) is 30.7 Å². The zero-order valence-corrected chi connectivity index (χ0v) is 16.8. The molecule has 3 aromatic rings. The third-order valence-corrected chi connectivity index (χ3v) is 5.94. The Morgan fingerprint density at radius 1 is 1.14 bits per heavy atom. The topological polar surface area (TPSA) is 79.6 Å². The summed E-state index contributed by atoms with van der Waals surface area (Å²) in [6, 6.07) is 8.46. The quantitative estimate of drug-likeness (QED) is 0.705. The molecule has 0 atom stereocenters. The van der Waals surface area contributed by atoms with E-state index < -0.39 is 5.56 Å². The smallest absolute Gasteiger partial charge is 0.274 e. The first-order valence-electron chi connectivity index (χ1n) is 9.29. The van der Waals surface area contributed by atoms with Crippen LogP contribution in [0.4, 0.5) is 5.13 Å². The van der Waals surface area contributed by atoms with Crippen LogP contribution in [0.5, 0.6) is 0 Å². The number of fused-ring (bicyclic) bond motifs is 1. The van der Waals surface area contributed by atoms with Gasteiger partial charge in [0.2, 0.25) is 10.1 Å². The average molecular weight is 418 g/mol. The molecule has 0 radical (unpaired) electrons. The lowest BCUT2D eigenvalue weighted by molar-refractivity contribution is 0.0943. The van der Waals surface area contributed by atoms with E-state index in [9.17, 15) is 9.59 Å². The van der Waals surface area contributed by atoms with Crippen molar-refractivity contribution in [3.8, 4) is 0 Å². The first-order valence-corrected chi connectivity index (χ1v) is 10.5. The maximum Gasteiger partial charge on any atom is 0.274 e. The Labute approximate surface area is 171 Å². The van der Waals surface area contributed by atoms with Gasteiger partial charge in [0.15, 0.2) is 0 Å². The third kappa shape index (κ3) is 4.18. The number of nitrogens with one attached hydrogen (secondary N) is 1. The minimum absolute atomic E-state index is 0.196. The van der Waals surface area contributed by atoms with Gasteiger partial charge in [-0.3, -0.25) is 9.59 Å². The second kappa shape index (κ2) is 8.28. The average Bonchev–Trinajstić information content (AvgIpc) is 2.92. The summed E-state index contributed by atoms with van der Waals surface area (Å²) in [6.07, 6.45) is 4.68. The van der Waals surface area contributed by atoms with Crippen LogP contribution in [0, 0.1) is 0 Å². The number of nitrogens with zero attached hydrogens (tertiary/aromatic N) is 4. The molecule has 0 unspecified atom stereocenters. The maximum absolute atomic E-state index is 12.7. The van der Waals surface area contributed by atoms with Gasteiger partial charge in [0.25, 0.3) is 11.5 Å². The molecule has 0 bridgehead atoms. The molecule has 146 valence electrons. The number of benzene rings is 1. The molecule has 2 aromatic heterocycles. The molecule has 1 aliphatic rings. The Morgan fingerprint density at radius 2 is 1.86 bits per heavy atom. The van der Waals surface area contributed by atoms with Crippen LogP contribution in [0.15, 0.2) is 35.1 Å². The minimum Gasteiger partial charge on any atom is -0.347 e. The Balaban J connectivity index is 1.59. The van der Waals surface area contributed by atoms with Crippen molar-refractivity contribution in [1.29, 1.82) is 0 Å². The van der Waals surface area contributed by atoms with Crippen molar-refractivity contribution in [3.05, 3.63) is 57.0 Å². The van der Waals surface area contributed by atoms with Crippen LogP contribution in [-0.4, -0.2) is 33.6 Å². The Bertz CT molecular complexity index is 1040. The van der Waals surface area contributed by atoms with E-state index in [1.54, 1.807) is 12.1 Å². The Kier molecular flexibility index (Phi) is 5.59. The number of rotatable bonds is 4. The fourth-order valence-corrected chi connectivity index (χ4v) is 4.32. The summed E-state index contributed by atoms with van der Waals surface area (Å²) in [5, 5.41) is 8.86. The lowest BCUT2D eigenvalue weighted by atomic mass is 10.2. The van der Waals surface area contributed by atoms with Crippen molar-refractivity contribution in [2.24, 2.45) is 0 Å². The van der Waals surface area contributed by atoms with Crippen LogP contribution in [0.3, 0.4) is 0 Å². The molecule has 0 aliphatic carbocycles. The summed E-state index contributed by atoms with van der Waals surface area (Å²) in [6.45, 7) is 2.20. The second-order valence-electron chi connectivity index (χ2n) is 6.77. The van der Waals surface area contributed by atoms with Crippen molar-refractivity contribution in [2.75, 3.05) is 18.0 Å². The molecule has 1 saturated heterocycles. The van der Waals surface area contributed by atoms with Crippen LogP contribution in [0.25, 0.3) is 4.96 Å². The number of amides is 1. The van der Waals surface area contributed by atoms with Crippen molar-refractivity contribution < 1.29 is 4.79 Å². The van der Waals surface area contributed by atoms with E-state index >= 15 is 0 Å². The van der Waals surface area contributed by atoms with Gasteiger partial charge in [0.05, 0.1) is 0 Å². The summed E-state index contributed by atoms with van der Waals surface area (Å²) in [7, 11) is 0. The van der Waals surface area contributed by atoms with Gasteiger partial charge in [-0.15, -0.1) is 5.10 Å². The monoisotopic (exact) mass is 417 g/mol. The predicted molar refractivity (Wildman–Crippen MR) is 110 cm³/mol. The molecule has 1 N–H and O–H groups in total. The molecule has 0 saturated carbocycles. The van der Waals surface area contributed by atoms with E-state index in [-0.39, 0.29) is 11.6 Å². The molecule has 7 nitrogen and oxygen atoms in total. The summed E-state index contributed by atoms with van der Waals surface area (Å²) in [5.74, 6) is -0.364. The molecule has 28 heavy (non-hydrogen) atoms. The first-order chi connectivity index (χ1) is 13.6. The highest BCUT2D eigenvalue weighted by Gasteiger charge is 2.19. The Hall–Kier alpha value is -2.45. The van der Waals surface area contributed by atoms with E-state index in [4.69, 9.17) is 11.6 Å². The SMILES string of the molecule is O=C(NCc1ccc(Cl)cc1)c1cc(=O)nc2sc(N3CCCCCC3)nn12. The van der Waals surface area contributed by atoms with Crippen LogP contribution in [0.1, 0.15) is 41.7 Å². The normalized spacial score (nSPS) is 14.8. The van der Waals surface area contributed by atoms with Gasteiger partial charge in [-0.25, -0.2) is 0 Å². The summed E-state index contributed by atoms with van der Waals surface area (Å²) >= 11 is 7.23. The second-order valence-corrected chi connectivity index (χ2v) is 8.14. The van der Waals surface area contributed by atoms with Crippen molar-refractivity contribution in [2.45, 2.75) is 32.2 Å². The summed E-state index contributed by atoms with van der Waals surface area (Å²) < 4.78 is 1.48. The van der Waals surface area contributed by atoms with Gasteiger partial charge >= 0.3 is 0 Å². The van der Waals surface area contributed by atoms with Gasteiger partial charge in [-0.05, 0) is 30.5 Å². The first kappa shape index (κ1) is 18.9. The third-order valence-electron chi connectivity index (χ3n) is 4.72. The molecule has 1 fully saturated rings. The summed E-state index contributed by atoms with van der Waals surface area (Å²) in [5.41, 5.74) is 0.669. The predicted octanol–water partition coefficient (Wildman–Crippen LogP) is 3.11. The lowest BCUT2D eigenvalue weighted by Gasteiger charge is -2.17. The van der Waals surface area contributed by atoms with E-state index in [1.165, 1.54) is 34.8 Å². The van der Waals surface area contributed by atoms with Crippen molar-refractivity contribution in [1.82, 2.24) is 19.9 Å². The van der Waals surface area contributed by atoms with Gasteiger partial charge in [-0.2, -0.15) is 9.50 Å². The Morgan fingerprint density at radius 3 is 2.57 bits per heavy atom.